The molecule has 0 atom stereocenters. The van der Waals surface area contributed by atoms with Gasteiger partial charge >= 0.3 is 6.03 Å². The number of hydrogen-bond acceptors (Lipinski definition) is 3. The molecular formula is C24H22ClFN4O2. The van der Waals surface area contributed by atoms with Crippen molar-refractivity contribution in [2.75, 3.05) is 41.7 Å². The van der Waals surface area contributed by atoms with E-state index in [1.54, 1.807) is 65.6 Å². The van der Waals surface area contributed by atoms with Crippen molar-refractivity contribution in [1.82, 2.24) is 4.90 Å². The summed E-state index contributed by atoms with van der Waals surface area (Å²) >= 11 is 5.96. The summed E-state index contributed by atoms with van der Waals surface area (Å²) in [6.07, 6.45) is 0. The zero-order valence-electron chi connectivity index (χ0n) is 17.2. The number of nitrogens with one attached hydrogen (secondary N) is 2. The molecule has 1 aliphatic rings. The van der Waals surface area contributed by atoms with Gasteiger partial charge in [0.05, 0.1) is 11.3 Å². The Kier molecular flexibility index (Phi) is 6.56. The van der Waals surface area contributed by atoms with E-state index in [1.165, 1.54) is 12.1 Å². The van der Waals surface area contributed by atoms with Gasteiger partial charge in [-0.05, 0) is 54.6 Å². The minimum absolute atomic E-state index is 0.151. The fourth-order valence-corrected chi connectivity index (χ4v) is 3.81. The quantitative estimate of drug-likeness (QED) is 0.579. The van der Waals surface area contributed by atoms with Gasteiger partial charge in [0.2, 0.25) is 0 Å². The van der Waals surface area contributed by atoms with Crippen LogP contribution in [-0.4, -0.2) is 43.0 Å². The van der Waals surface area contributed by atoms with Crippen molar-refractivity contribution < 1.29 is 14.0 Å². The summed E-state index contributed by atoms with van der Waals surface area (Å²) in [5.74, 6) is -0.423. The summed E-state index contributed by atoms with van der Waals surface area (Å²) in [6.45, 7) is 2.34. The van der Waals surface area contributed by atoms with Crippen LogP contribution in [0.3, 0.4) is 0 Å². The third-order valence-corrected chi connectivity index (χ3v) is 5.48. The van der Waals surface area contributed by atoms with Crippen molar-refractivity contribution in [3.05, 3.63) is 89.2 Å². The van der Waals surface area contributed by atoms with Gasteiger partial charge in [-0.1, -0.05) is 29.8 Å². The molecule has 1 aliphatic heterocycles. The second-order valence-electron chi connectivity index (χ2n) is 7.39. The number of amides is 3. The van der Waals surface area contributed by atoms with E-state index in [1.807, 2.05) is 0 Å². The zero-order valence-corrected chi connectivity index (χ0v) is 18.0. The predicted octanol–water partition coefficient (Wildman–Crippen LogP) is 5.09. The van der Waals surface area contributed by atoms with Crippen molar-refractivity contribution in [3.63, 3.8) is 0 Å². The van der Waals surface area contributed by atoms with E-state index >= 15 is 0 Å². The molecule has 0 aromatic heterocycles. The molecule has 1 fully saturated rings. The highest BCUT2D eigenvalue weighted by Crippen LogP contribution is 2.22. The van der Waals surface area contributed by atoms with Crippen molar-refractivity contribution >= 4 is 40.6 Å². The lowest BCUT2D eigenvalue weighted by atomic mass is 10.1. The number of nitrogens with zero attached hydrogens (tertiary/aromatic N) is 2. The van der Waals surface area contributed by atoms with Gasteiger partial charge in [-0.25, -0.2) is 9.18 Å². The number of benzene rings is 3. The van der Waals surface area contributed by atoms with Crippen LogP contribution in [0.5, 0.6) is 0 Å². The number of halogens is 2. The van der Waals surface area contributed by atoms with Crippen LogP contribution in [0.15, 0.2) is 72.8 Å². The van der Waals surface area contributed by atoms with Crippen LogP contribution in [0.2, 0.25) is 5.02 Å². The molecule has 164 valence electrons. The minimum Gasteiger partial charge on any atom is -0.368 e. The van der Waals surface area contributed by atoms with Gasteiger partial charge in [-0.2, -0.15) is 0 Å². The molecule has 3 amide bonds. The highest BCUT2D eigenvalue weighted by atomic mass is 35.5. The highest BCUT2D eigenvalue weighted by molar-refractivity contribution is 6.30. The van der Waals surface area contributed by atoms with Crippen LogP contribution in [0.25, 0.3) is 0 Å². The van der Waals surface area contributed by atoms with Crippen molar-refractivity contribution in [3.8, 4) is 0 Å². The van der Waals surface area contributed by atoms with Gasteiger partial charge in [-0.3, -0.25) is 4.79 Å². The fraction of sp³-hybridized carbons (Fsp3) is 0.167. The Morgan fingerprint density at radius 3 is 2.28 bits per heavy atom. The van der Waals surface area contributed by atoms with E-state index in [9.17, 15) is 14.0 Å². The third-order valence-electron chi connectivity index (χ3n) is 5.25. The highest BCUT2D eigenvalue weighted by Gasteiger charge is 2.24. The molecule has 8 heteroatoms. The van der Waals surface area contributed by atoms with Crippen LogP contribution in [0.4, 0.5) is 26.2 Å². The van der Waals surface area contributed by atoms with E-state index in [4.69, 9.17) is 11.6 Å². The Balaban J connectivity index is 1.40. The fourth-order valence-electron chi connectivity index (χ4n) is 3.62. The summed E-state index contributed by atoms with van der Waals surface area (Å²) in [7, 11) is 0. The summed E-state index contributed by atoms with van der Waals surface area (Å²) in [6, 6.07) is 19.6. The monoisotopic (exact) mass is 452 g/mol. The molecule has 0 aliphatic carbocycles. The number of anilines is 3. The van der Waals surface area contributed by atoms with Gasteiger partial charge in [0, 0.05) is 42.6 Å². The van der Waals surface area contributed by atoms with Gasteiger partial charge in [-0.15, -0.1) is 0 Å². The van der Waals surface area contributed by atoms with Crippen molar-refractivity contribution in [1.29, 1.82) is 0 Å². The van der Waals surface area contributed by atoms with E-state index in [2.05, 4.69) is 15.5 Å². The average molecular weight is 453 g/mol. The summed E-state index contributed by atoms with van der Waals surface area (Å²) in [4.78, 5) is 29.5. The number of rotatable bonds is 4. The van der Waals surface area contributed by atoms with Gasteiger partial charge in [0.1, 0.15) is 5.82 Å². The molecule has 0 saturated carbocycles. The Labute approximate surface area is 190 Å². The normalized spacial score (nSPS) is 13.6. The third kappa shape index (κ3) is 5.18. The van der Waals surface area contributed by atoms with Crippen LogP contribution < -0.4 is 15.5 Å². The Morgan fingerprint density at radius 1 is 0.844 bits per heavy atom. The minimum atomic E-state index is -0.464. The molecule has 6 nitrogen and oxygen atoms in total. The van der Waals surface area contributed by atoms with E-state index in [0.717, 1.165) is 5.69 Å². The summed E-state index contributed by atoms with van der Waals surface area (Å²) < 4.78 is 13.2. The van der Waals surface area contributed by atoms with Crippen LogP contribution in [0.1, 0.15) is 10.4 Å². The number of para-hydroxylation sites is 1. The zero-order chi connectivity index (χ0) is 22.5. The van der Waals surface area contributed by atoms with Crippen LogP contribution in [0, 0.1) is 5.82 Å². The van der Waals surface area contributed by atoms with Gasteiger partial charge in [0.25, 0.3) is 5.91 Å². The summed E-state index contributed by atoms with van der Waals surface area (Å²) in [5.41, 5.74) is 2.33. The van der Waals surface area contributed by atoms with Crippen molar-refractivity contribution in [2.45, 2.75) is 0 Å². The molecule has 1 saturated heterocycles. The first kappa shape index (κ1) is 21.6. The molecule has 3 aromatic carbocycles. The number of hydrogen-bond donors (Lipinski definition) is 2. The molecule has 32 heavy (non-hydrogen) atoms. The SMILES string of the molecule is O=C(Nc1cccc(Cl)c1)Nc1ccccc1C(=O)N1CCN(c2ccc(F)cc2)CC1. The predicted molar refractivity (Wildman–Crippen MR) is 125 cm³/mol. The van der Waals surface area contributed by atoms with Crippen LogP contribution >= 0.6 is 11.6 Å². The number of carbonyl (C=O) groups excluding carboxylic acids is 2. The topological polar surface area (TPSA) is 64.7 Å². The van der Waals surface area contributed by atoms with E-state index in [0.29, 0.717) is 48.1 Å². The molecule has 0 unspecified atom stereocenters. The van der Waals surface area contributed by atoms with Gasteiger partial charge in [0.15, 0.2) is 0 Å². The number of urea groups is 1. The maximum Gasteiger partial charge on any atom is 0.323 e. The summed E-state index contributed by atoms with van der Waals surface area (Å²) in [5, 5.41) is 5.98. The van der Waals surface area contributed by atoms with Gasteiger partial charge < -0.3 is 20.4 Å². The largest absolute Gasteiger partial charge is 0.368 e. The van der Waals surface area contributed by atoms with Crippen molar-refractivity contribution in [2.24, 2.45) is 0 Å². The molecule has 3 aromatic rings. The molecule has 1 heterocycles. The standard InChI is InChI=1S/C24H22ClFN4O2/c25-17-4-3-5-19(16-17)27-24(32)28-22-7-2-1-6-21(22)23(31)30-14-12-29(13-15-30)20-10-8-18(26)9-11-20/h1-11,16H,12-15H2,(H2,27,28,32). The van der Waals surface area contributed by atoms with E-state index in [-0.39, 0.29) is 11.7 Å². The molecule has 0 bridgehead atoms. The second-order valence-corrected chi connectivity index (χ2v) is 7.83. The smallest absolute Gasteiger partial charge is 0.323 e. The lowest BCUT2D eigenvalue weighted by Gasteiger charge is -2.36. The average Bonchev–Trinajstić information content (AvgIpc) is 2.79. The number of piperazine rings is 1. The van der Waals surface area contributed by atoms with Crippen LogP contribution in [-0.2, 0) is 0 Å². The second kappa shape index (κ2) is 9.70. The molecule has 0 radical (unpaired) electrons. The maximum absolute atomic E-state index is 13.2. The Hall–Kier alpha value is -3.58. The molecule has 0 spiro atoms. The Morgan fingerprint density at radius 2 is 1.56 bits per heavy atom. The van der Waals surface area contributed by atoms with E-state index < -0.39 is 6.03 Å². The first-order valence-electron chi connectivity index (χ1n) is 10.2. The molecule has 4 rings (SSSR count). The lowest BCUT2D eigenvalue weighted by Crippen LogP contribution is -2.49. The lowest BCUT2D eigenvalue weighted by molar-refractivity contribution is 0.0748. The Bertz CT molecular complexity index is 1110. The maximum atomic E-state index is 13.2. The number of carbonyl (C=O) groups is 2. The first-order chi connectivity index (χ1) is 15.5. The first-order valence-corrected chi connectivity index (χ1v) is 10.6. The molecular weight excluding hydrogens is 431 g/mol. The molecule has 2 N–H and O–H groups in total.